The van der Waals surface area contributed by atoms with Gasteiger partial charge in [-0.2, -0.15) is 5.10 Å². The lowest BCUT2D eigenvalue weighted by Crippen LogP contribution is -2.51. The standard InChI is InChI=1S/C17H18F2N6O2/c18-13(19)10-7-24(8-17(10)1-2-17)12-5-11(23-25-4-3-20-14(12)25)9-6-21-16(27)22-15(9)26/h3-5,9-10,13H,1-2,6-8H2,(H2,21,22,26,27). The molecule has 0 bridgehead atoms. The fourth-order valence-corrected chi connectivity index (χ4v) is 4.30. The van der Waals surface area contributed by atoms with E-state index in [0.717, 1.165) is 12.8 Å². The van der Waals surface area contributed by atoms with E-state index in [0.29, 0.717) is 23.6 Å². The van der Waals surface area contributed by atoms with Crippen LogP contribution in [0.4, 0.5) is 19.3 Å². The molecule has 2 aromatic heterocycles. The molecule has 142 valence electrons. The number of halogens is 2. The molecule has 4 heterocycles. The van der Waals surface area contributed by atoms with Gasteiger partial charge in [0.05, 0.1) is 17.3 Å². The van der Waals surface area contributed by atoms with Crippen molar-refractivity contribution < 1.29 is 18.4 Å². The SMILES string of the molecule is O=C1NCC(c2cc(N3CC(C(F)F)C4(CC4)C3)c3nccn3n2)C(=O)N1. The number of carbonyl (C=O) groups is 2. The van der Waals surface area contributed by atoms with E-state index < -0.39 is 30.2 Å². The highest BCUT2D eigenvalue weighted by Crippen LogP contribution is 2.58. The minimum Gasteiger partial charge on any atom is -0.367 e. The molecule has 3 aliphatic rings. The average Bonchev–Trinajstić information content (AvgIpc) is 3.06. The third kappa shape index (κ3) is 2.54. The van der Waals surface area contributed by atoms with Crippen molar-refractivity contribution in [1.82, 2.24) is 25.2 Å². The summed E-state index contributed by atoms with van der Waals surface area (Å²) in [5, 5.41) is 9.27. The minimum atomic E-state index is -2.35. The van der Waals surface area contributed by atoms with E-state index in [-0.39, 0.29) is 18.5 Å². The number of alkyl halides is 2. The molecule has 27 heavy (non-hydrogen) atoms. The van der Waals surface area contributed by atoms with Gasteiger partial charge in [0, 0.05) is 37.9 Å². The fourth-order valence-electron chi connectivity index (χ4n) is 4.30. The molecule has 2 aliphatic heterocycles. The van der Waals surface area contributed by atoms with Gasteiger partial charge in [-0.25, -0.2) is 23.1 Å². The lowest BCUT2D eigenvalue weighted by Gasteiger charge is -2.24. The van der Waals surface area contributed by atoms with Crippen LogP contribution in [-0.4, -0.2) is 52.6 Å². The Morgan fingerprint density at radius 2 is 2.11 bits per heavy atom. The topological polar surface area (TPSA) is 91.6 Å². The smallest absolute Gasteiger partial charge is 0.321 e. The molecule has 0 radical (unpaired) electrons. The number of hydrogen-bond donors (Lipinski definition) is 2. The van der Waals surface area contributed by atoms with Gasteiger partial charge in [0.15, 0.2) is 5.65 Å². The molecule has 3 amide bonds. The first-order valence-corrected chi connectivity index (χ1v) is 8.93. The number of urea groups is 1. The van der Waals surface area contributed by atoms with Crippen LogP contribution in [0.25, 0.3) is 5.65 Å². The summed E-state index contributed by atoms with van der Waals surface area (Å²) < 4.78 is 28.6. The molecule has 2 saturated heterocycles. The Morgan fingerprint density at radius 1 is 1.30 bits per heavy atom. The van der Waals surface area contributed by atoms with Gasteiger partial charge in [-0.15, -0.1) is 0 Å². The van der Waals surface area contributed by atoms with E-state index in [1.54, 1.807) is 23.0 Å². The molecular weight excluding hydrogens is 358 g/mol. The first kappa shape index (κ1) is 16.4. The molecule has 5 rings (SSSR count). The molecule has 8 nitrogen and oxygen atoms in total. The van der Waals surface area contributed by atoms with Gasteiger partial charge < -0.3 is 10.2 Å². The minimum absolute atomic E-state index is 0.140. The Morgan fingerprint density at radius 3 is 2.78 bits per heavy atom. The summed E-state index contributed by atoms with van der Waals surface area (Å²) in [5.74, 6) is -1.72. The van der Waals surface area contributed by atoms with Gasteiger partial charge in [-0.3, -0.25) is 10.1 Å². The van der Waals surface area contributed by atoms with Crippen molar-refractivity contribution in [2.45, 2.75) is 25.2 Å². The highest BCUT2D eigenvalue weighted by Gasteiger charge is 2.58. The van der Waals surface area contributed by atoms with Crippen LogP contribution in [0.5, 0.6) is 0 Å². The second-order valence-corrected chi connectivity index (χ2v) is 7.59. The van der Waals surface area contributed by atoms with Crippen molar-refractivity contribution in [3.63, 3.8) is 0 Å². The Balaban J connectivity index is 1.54. The Hall–Kier alpha value is -2.78. The molecule has 2 atom stereocenters. The maximum absolute atomic E-state index is 13.5. The summed E-state index contributed by atoms with van der Waals surface area (Å²) in [6, 6.07) is 1.21. The summed E-state index contributed by atoms with van der Waals surface area (Å²) in [6.07, 6.45) is 2.53. The maximum Gasteiger partial charge on any atom is 0.321 e. The lowest BCUT2D eigenvalue weighted by atomic mass is 9.93. The average molecular weight is 376 g/mol. The van der Waals surface area contributed by atoms with Crippen LogP contribution < -0.4 is 15.5 Å². The van der Waals surface area contributed by atoms with Crippen LogP contribution in [0, 0.1) is 11.3 Å². The van der Waals surface area contributed by atoms with Gasteiger partial charge in [-0.1, -0.05) is 0 Å². The van der Waals surface area contributed by atoms with Gasteiger partial charge in [0.25, 0.3) is 0 Å². The van der Waals surface area contributed by atoms with Crippen molar-refractivity contribution in [1.29, 1.82) is 0 Å². The second kappa shape index (κ2) is 5.61. The zero-order valence-corrected chi connectivity index (χ0v) is 14.4. The quantitative estimate of drug-likeness (QED) is 0.838. The van der Waals surface area contributed by atoms with E-state index >= 15 is 0 Å². The van der Waals surface area contributed by atoms with Crippen LogP contribution in [0.15, 0.2) is 18.5 Å². The van der Waals surface area contributed by atoms with E-state index in [2.05, 4.69) is 20.7 Å². The van der Waals surface area contributed by atoms with E-state index in [9.17, 15) is 18.4 Å². The van der Waals surface area contributed by atoms with Crippen LogP contribution in [0.2, 0.25) is 0 Å². The molecule has 2 N–H and O–H groups in total. The summed E-state index contributed by atoms with van der Waals surface area (Å²) in [7, 11) is 0. The van der Waals surface area contributed by atoms with Gasteiger partial charge in [-0.05, 0) is 24.3 Å². The second-order valence-electron chi connectivity index (χ2n) is 7.59. The Kier molecular flexibility index (Phi) is 3.40. The van der Waals surface area contributed by atoms with Crippen molar-refractivity contribution in [2.75, 3.05) is 24.5 Å². The van der Waals surface area contributed by atoms with E-state index in [4.69, 9.17) is 0 Å². The lowest BCUT2D eigenvalue weighted by molar-refractivity contribution is -0.122. The molecule has 10 heteroatoms. The first-order valence-electron chi connectivity index (χ1n) is 8.93. The molecule has 2 aromatic rings. The van der Waals surface area contributed by atoms with Crippen molar-refractivity contribution >= 4 is 23.3 Å². The highest BCUT2D eigenvalue weighted by atomic mass is 19.3. The van der Waals surface area contributed by atoms with Crippen molar-refractivity contribution in [3.05, 3.63) is 24.2 Å². The predicted molar refractivity (Wildman–Crippen MR) is 90.6 cm³/mol. The molecule has 1 saturated carbocycles. The molecule has 3 fully saturated rings. The molecule has 2 unspecified atom stereocenters. The predicted octanol–water partition coefficient (Wildman–Crippen LogP) is 1.13. The zero-order chi connectivity index (χ0) is 18.8. The molecule has 1 spiro atoms. The number of imide groups is 1. The third-order valence-corrected chi connectivity index (χ3v) is 5.98. The largest absolute Gasteiger partial charge is 0.367 e. The number of carbonyl (C=O) groups excluding carboxylic acids is 2. The molecule has 1 aliphatic carbocycles. The summed E-state index contributed by atoms with van der Waals surface area (Å²) in [4.78, 5) is 29.8. The summed E-state index contributed by atoms with van der Waals surface area (Å²) in [6.45, 7) is 0.958. The number of anilines is 1. The number of nitrogens with zero attached hydrogens (tertiary/aromatic N) is 4. The number of rotatable bonds is 3. The summed E-state index contributed by atoms with van der Waals surface area (Å²) in [5.41, 5.74) is 1.43. The van der Waals surface area contributed by atoms with Crippen LogP contribution in [0.1, 0.15) is 24.5 Å². The first-order chi connectivity index (χ1) is 13.0. The van der Waals surface area contributed by atoms with Crippen LogP contribution in [0.3, 0.4) is 0 Å². The highest BCUT2D eigenvalue weighted by molar-refractivity contribution is 6.00. The zero-order valence-electron chi connectivity index (χ0n) is 14.4. The van der Waals surface area contributed by atoms with Crippen LogP contribution >= 0.6 is 0 Å². The van der Waals surface area contributed by atoms with E-state index in [1.165, 1.54) is 0 Å². The third-order valence-electron chi connectivity index (χ3n) is 5.98. The van der Waals surface area contributed by atoms with Crippen molar-refractivity contribution in [2.24, 2.45) is 11.3 Å². The van der Waals surface area contributed by atoms with E-state index in [1.807, 2.05) is 4.90 Å². The normalized spacial score (nSPS) is 26.7. The molecular formula is C17H18F2N6O2. The summed E-state index contributed by atoms with van der Waals surface area (Å²) >= 11 is 0. The monoisotopic (exact) mass is 376 g/mol. The number of aromatic nitrogens is 3. The molecule has 0 aromatic carbocycles. The van der Waals surface area contributed by atoms with Crippen molar-refractivity contribution in [3.8, 4) is 0 Å². The number of imidazole rings is 1. The van der Waals surface area contributed by atoms with Gasteiger partial charge in [0.1, 0.15) is 0 Å². The van der Waals surface area contributed by atoms with Crippen LogP contribution in [-0.2, 0) is 4.79 Å². The fraction of sp³-hybridized carbons (Fsp3) is 0.529. The Labute approximate surface area is 152 Å². The van der Waals surface area contributed by atoms with Gasteiger partial charge in [0.2, 0.25) is 12.3 Å². The Bertz CT molecular complexity index is 941. The number of nitrogens with one attached hydrogen (secondary N) is 2. The number of hydrogen-bond acceptors (Lipinski definition) is 5. The van der Waals surface area contributed by atoms with Gasteiger partial charge >= 0.3 is 6.03 Å². The number of amides is 3. The number of fused-ring (bicyclic) bond motifs is 1. The maximum atomic E-state index is 13.5.